The fourth-order valence-electron chi connectivity index (χ4n) is 3.98. The monoisotopic (exact) mass is 451 g/mol. The number of hydrogen-bond acceptors (Lipinski definition) is 6. The average molecular weight is 452 g/mol. The summed E-state index contributed by atoms with van der Waals surface area (Å²) >= 11 is 6.07. The zero-order valence-electron chi connectivity index (χ0n) is 17.1. The van der Waals surface area contributed by atoms with E-state index in [1.807, 2.05) is 21.6 Å². The van der Waals surface area contributed by atoms with Crippen LogP contribution < -0.4 is 16.0 Å². The van der Waals surface area contributed by atoms with Crippen molar-refractivity contribution < 1.29 is 9.18 Å². The molecular weight excluding hydrogens is 433 g/mol. The molecule has 1 amide bonds. The molecule has 0 atom stereocenters. The SMILES string of the molecule is CNC1(C(N)=O)CN(c2nncc3c2nc(-c2ccccc2F)n3-c2ccc(Cl)cc2)C1. The molecule has 0 saturated carbocycles. The number of fused-ring (bicyclic) bond motifs is 1. The molecule has 0 spiro atoms. The van der Waals surface area contributed by atoms with Gasteiger partial charge in [-0.05, 0) is 43.4 Å². The van der Waals surface area contributed by atoms with Gasteiger partial charge in [0, 0.05) is 23.8 Å². The van der Waals surface area contributed by atoms with Crippen LogP contribution in [0.4, 0.5) is 10.2 Å². The minimum atomic E-state index is -0.836. The van der Waals surface area contributed by atoms with E-state index in [9.17, 15) is 9.18 Å². The first-order valence-electron chi connectivity index (χ1n) is 9.92. The lowest BCUT2D eigenvalue weighted by molar-refractivity contribution is -0.125. The second-order valence-electron chi connectivity index (χ2n) is 7.68. The number of rotatable bonds is 5. The van der Waals surface area contributed by atoms with E-state index < -0.39 is 17.3 Å². The van der Waals surface area contributed by atoms with Gasteiger partial charge in [0.05, 0.1) is 17.3 Å². The number of halogens is 2. The Labute approximate surface area is 187 Å². The molecule has 0 unspecified atom stereocenters. The van der Waals surface area contributed by atoms with Gasteiger partial charge in [0.2, 0.25) is 5.91 Å². The third-order valence-corrected chi connectivity index (χ3v) is 6.08. The first-order chi connectivity index (χ1) is 15.4. The molecule has 0 bridgehead atoms. The van der Waals surface area contributed by atoms with Crippen LogP contribution in [-0.4, -0.2) is 51.3 Å². The highest BCUT2D eigenvalue weighted by Crippen LogP contribution is 2.35. The second kappa shape index (κ2) is 7.54. The van der Waals surface area contributed by atoms with Crippen LogP contribution in [0.5, 0.6) is 0 Å². The van der Waals surface area contributed by atoms with E-state index in [4.69, 9.17) is 22.3 Å². The molecule has 1 aliphatic heterocycles. The molecule has 162 valence electrons. The van der Waals surface area contributed by atoms with E-state index in [0.29, 0.717) is 46.4 Å². The molecule has 1 aliphatic rings. The Kier molecular flexibility index (Phi) is 4.79. The largest absolute Gasteiger partial charge is 0.368 e. The summed E-state index contributed by atoms with van der Waals surface area (Å²) in [7, 11) is 1.69. The molecule has 4 aromatic rings. The van der Waals surface area contributed by atoms with Crippen LogP contribution >= 0.6 is 11.6 Å². The number of anilines is 1. The molecule has 2 aromatic heterocycles. The summed E-state index contributed by atoms with van der Waals surface area (Å²) in [5, 5.41) is 12.0. The van der Waals surface area contributed by atoms with E-state index in [0.717, 1.165) is 5.69 Å². The van der Waals surface area contributed by atoms with E-state index >= 15 is 0 Å². The summed E-state index contributed by atoms with van der Waals surface area (Å²) in [5.41, 5.74) is 7.02. The summed E-state index contributed by atoms with van der Waals surface area (Å²) in [5.74, 6) is 0.0780. The highest BCUT2D eigenvalue weighted by Gasteiger charge is 2.48. The van der Waals surface area contributed by atoms with Crippen molar-refractivity contribution in [2.24, 2.45) is 5.73 Å². The van der Waals surface area contributed by atoms with Crippen molar-refractivity contribution in [2.75, 3.05) is 25.0 Å². The van der Waals surface area contributed by atoms with Crippen LogP contribution in [0.1, 0.15) is 0 Å². The molecule has 5 rings (SSSR count). The molecule has 1 saturated heterocycles. The summed E-state index contributed by atoms with van der Waals surface area (Å²) in [4.78, 5) is 18.5. The molecule has 0 radical (unpaired) electrons. The van der Waals surface area contributed by atoms with Crippen LogP contribution in [0.15, 0.2) is 54.7 Å². The van der Waals surface area contributed by atoms with Gasteiger partial charge in [-0.1, -0.05) is 23.7 Å². The van der Waals surface area contributed by atoms with Crippen molar-refractivity contribution in [2.45, 2.75) is 5.54 Å². The van der Waals surface area contributed by atoms with Crippen LogP contribution in [-0.2, 0) is 4.79 Å². The van der Waals surface area contributed by atoms with Crippen molar-refractivity contribution in [3.8, 4) is 17.1 Å². The predicted molar refractivity (Wildman–Crippen MR) is 120 cm³/mol. The molecule has 3 heterocycles. The Bertz CT molecular complexity index is 1330. The maximum atomic E-state index is 14.8. The zero-order valence-corrected chi connectivity index (χ0v) is 17.8. The molecule has 0 aliphatic carbocycles. The van der Waals surface area contributed by atoms with Crippen molar-refractivity contribution in [1.82, 2.24) is 25.1 Å². The number of nitrogens with two attached hydrogens (primary N) is 1. The van der Waals surface area contributed by atoms with Gasteiger partial charge in [0.25, 0.3) is 0 Å². The second-order valence-corrected chi connectivity index (χ2v) is 8.12. The standard InChI is InChI=1S/C22H19ClFN7O/c1-26-22(21(25)32)11-30(12-22)20-18-17(10-27-29-20)31(14-8-6-13(23)7-9-14)19(28-18)15-4-2-3-5-16(15)24/h2-10,26H,11-12H2,1H3,(H2,25,32). The lowest BCUT2D eigenvalue weighted by atomic mass is 9.89. The van der Waals surface area contributed by atoms with Crippen LogP contribution in [0, 0.1) is 5.82 Å². The number of imidazole rings is 1. The third kappa shape index (κ3) is 3.09. The summed E-state index contributed by atoms with van der Waals surface area (Å²) in [6.07, 6.45) is 1.59. The molecule has 32 heavy (non-hydrogen) atoms. The molecule has 10 heteroatoms. The molecule has 1 fully saturated rings. The number of hydrogen-bond donors (Lipinski definition) is 2. The summed E-state index contributed by atoms with van der Waals surface area (Å²) < 4.78 is 16.6. The Hall–Kier alpha value is -3.56. The Morgan fingerprint density at radius 3 is 2.56 bits per heavy atom. The number of amides is 1. The fraction of sp³-hybridized carbons (Fsp3) is 0.182. The van der Waals surface area contributed by atoms with Gasteiger partial charge in [0.15, 0.2) is 5.82 Å². The Morgan fingerprint density at radius 1 is 1.19 bits per heavy atom. The van der Waals surface area contributed by atoms with Crippen molar-refractivity contribution in [3.05, 3.63) is 65.6 Å². The number of benzene rings is 2. The number of primary amides is 1. The van der Waals surface area contributed by atoms with Gasteiger partial charge in [-0.3, -0.25) is 9.36 Å². The molecule has 3 N–H and O–H groups in total. The average Bonchev–Trinajstić information content (AvgIpc) is 3.14. The van der Waals surface area contributed by atoms with Gasteiger partial charge < -0.3 is 16.0 Å². The van der Waals surface area contributed by atoms with Gasteiger partial charge in [-0.15, -0.1) is 5.10 Å². The highest BCUT2D eigenvalue weighted by atomic mass is 35.5. The van der Waals surface area contributed by atoms with E-state index in [1.165, 1.54) is 6.07 Å². The minimum Gasteiger partial charge on any atom is -0.368 e. The Balaban J connectivity index is 1.71. The molecule has 2 aromatic carbocycles. The van der Waals surface area contributed by atoms with Crippen LogP contribution in [0.3, 0.4) is 0 Å². The summed E-state index contributed by atoms with van der Waals surface area (Å²) in [6, 6.07) is 13.6. The number of aromatic nitrogens is 4. The van der Waals surface area contributed by atoms with E-state index in [1.54, 1.807) is 43.6 Å². The van der Waals surface area contributed by atoms with Gasteiger partial charge >= 0.3 is 0 Å². The summed E-state index contributed by atoms with van der Waals surface area (Å²) in [6.45, 7) is 0.658. The quantitative estimate of drug-likeness (QED) is 0.483. The highest BCUT2D eigenvalue weighted by molar-refractivity contribution is 6.30. The van der Waals surface area contributed by atoms with Gasteiger partial charge in [-0.25, -0.2) is 9.37 Å². The normalized spacial score (nSPS) is 15.0. The third-order valence-electron chi connectivity index (χ3n) is 5.83. The molecular formula is C22H19ClFN7O. The number of carbonyl (C=O) groups is 1. The first kappa shape index (κ1) is 20.3. The number of carbonyl (C=O) groups excluding carboxylic acids is 1. The van der Waals surface area contributed by atoms with Gasteiger partial charge in [0.1, 0.15) is 22.7 Å². The molecule has 8 nitrogen and oxygen atoms in total. The number of likely N-dealkylation sites (N-methyl/N-ethyl adjacent to an activating group) is 1. The van der Waals surface area contributed by atoms with Crippen molar-refractivity contribution in [1.29, 1.82) is 0 Å². The predicted octanol–water partition coefficient (Wildman–Crippen LogP) is 2.54. The maximum absolute atomic E-state index is 14.8. The first-order valence-corrected chi connectivity index (χ1v) is 10.3. The van der Waals surface area contributed by atoms with Gasteiger partial charge in [-0.2, -0.15) is 5.10 Å². The number of nitrogens with zero attached hydrogens (tertiary/aromatic N) is 5. The zero-order chi connectivity index (χ0) is 22.5. The van der Waals surface area contributed by atoms with E-state index in [2.05, 4.69) is 15.5 Å². The van der Waals surface area contributed by atoms with Crippen LogP contribution in [0.2, 0.25) is 5.02 Å². The van der Waals surface area contributed by atoms with Crippen LogP contribution in [0.25, 0.3) is 28.1 Å². The topological polar surface area (TPSA) is 102 Å². The smallest absolute Gasteiger partial charge is 0.241 e. The lowest BCUT2D eigenvalue weighted by Gasteiger charge is -2.48. The number of nitrogens with one attached hydrogen (secondary N) is 1. The maximum Gasteiger partial charge on any atom is 0.241 e. The van der Waals surface area contributed by atoms with E-state index in [-0.39, 0.29) is 0 Å². The minimum absolute atomic E-state index is 0.329. The fourth-order valence-corrected chi connectivity index (χ4v) is 4.11. The van der Waals surface area contributed by atoms with Crippen molar-refractivity contribution >= 4 is 34.4 Å². The van der Waals surface area contributed by atoms with Crippen molar-refractivity contribution in [3.63, 3.8) is 0 Å². The Morgan fingerprint density at radius 2 is 1.91 bits per heavy atom. The lowest BCUT2D eigenvalue weighted by Crippen LogP contribution is -2.74.